The fourth-order valence-corrected chi connectivity index (χ4v) is 1.86. The van der Waals surface area contributed by atoms with E-state index in [4.69, 9.17) is 0 Å². The molecule has 0 spiro atoms. The maximum absolute atomic E-state index is 4.22. The van der Waals surface area contributed by atoms with Crippen LogP contribution in [0.3, 0.4) is 0 Å². The summed E-state index contributed by atoms with van der Waals surface area (Å²) < 4.78 is 1.95. The van der Waals surface area contributed by atoms with E-state index in [1.165, 1.54) is 24.1 Å². The molecule has 0 radical (unpaired) electrons. The molecule has 1 unspecified atom stereocenters. The Balaban J connectivity index is 1.94. The van der Waals surface area contributed by atoms with E-state index >= 15 is 0 Å². The number of nitrogens with one attached hydrogen (secondary N) is 1. The molecule has 76 valence electrons. The lowest BCUT2D eigenvalue weighted by Gasteiger charge is -2.11. The first-order valence-electron chi connectivity index (χ1n) is 5.15. The summed E-state index contributed by atoms with van der Waals surface area (Å²) in [7, 11) is 1.99. The molecule has 0 amide bonds. The van der Waals surface area contributed by atoms with Crippen LogP contribution in [0.15, 0.2) is 18.3 Å². The number of aromatic nitrogens is 2. The van der Waals surface area contributed by atoms with Crippen molar-refractivity contribution in [1.82, 2.24) is 15.1 Å². The van der Waals surface area contributed by atoms with Crippen LogP contribution in [0.1, 0.15) is 24.1 Å². The van der Waals surface area contributed by atoms with Gasteiger partial charge in [0.15, 0.2) is 0 Å². The minimum Gasteiger partial charge on any atom is -0.305 e. The first-order valence-corrected chi connectivity index (χ1v) is 5.15. The van der Waals surface area contributed by atoms with Crippen LogP contribution in [-0.4, -0.2) is 15.8 Å². The van der Waals surface area contributed by atoms with Gasteiger partial charge in [0, 0.05) is 19.6 Å². The Morgan fingerprint density at radius 1 is 1.64 bits per heavy atom. The lowest BCUT2D eigenvalue weighted by molar-refractivity contribution is 0.555. The maximum atomic E-state index is 4.22. The molecule has 1 aliphatic carbocycles. The zero-order chi connectivity index (χ0) is 9.97. The monoisotopic (exact) mass is 191 g/mol. The highest BCUT2D eigenvalue weighted by Crippen LogP contribution is 2.11. The molecule has 0 bridgehead atoms. The van der Waals surface area contributed by atoms with Crippen LogP contribution in [0.4, 0.5) is 0 Å². The Kier molecular flexibility index (Phi) is 2.68. The maximum Gasteiger partial charge on any atom is 0.0548 e. The van der Waals surface area contributed by atoms with E-state index in [0.717, 1.165) is 6.54 Å². The van der Waals surface area contributed by atoms with Crippen LogP contribution in [0.5, 0.6) is 0 Å². The second-order valence-corrected chi connectivity index (χ2v) is 3.89. The summed E-state index contributed by atoms with van der Waals surface area (Å²) >= 11 is 0. The summed E-state index contributed by atoms with van der Waals surface area (Å²) in [5, 5.41) is 7.74. The molecule has 2 rings (SSSR count). The molecule has 0 aliphatic heterocycles. The SMILES string of the molecule is Cc1cnn(C)c1CNC1C=CCC1. The van der Waals surface area contributed by atoms with Gasteiger partial charge in [-0.1, -0.05) is 12.2 Å². The molecule has 1 aromatic rings. The third-order valence-electron chi connectivity index (χ3n) is 2.81. The van der Waals surface area contributed by atoms with E-state index in [1.54, 1.807) is 0 Å². The summed E-state index contributed by atoms with van der Waals surface area (Å²) in [5.74, 6) is 0. The van der Waals surface area contributed by atoms with Crippen molar-refractivity contribution in [3.8, 4) is 0 Å². The second-order valence-electron chi connectivity index (χ2n) is 3.89. The molecule has 0 saturated carbocycles. The average molecular weight is 191 g/mol. The Morgan fingerprint density at radius 3 is 3.07 bits per heavy atom. The first-order chi connectivity index (χ1) is 6.77. The zero-order valence-electron chi connectivity index (χ0n) is 8.83. The van der Waals surface area contributed by atoms with Crippen molar-refractivity contribution < 1.29 is 0 Å². The lowest BCUT2D eigenvalue weighted by Crippen LogP contribution is -2.26. The van der Waals surface area contributed by atoms with Crippen molar-refractivity contribution >= 4 is 0 Å². The Morgan fingerprint density at radius 2 is 2.50 bits per heavy atom. The minimum absolute atomic E-state index is 0.560. The highest BCUT2D eigenvalue weighted by atomic mass is 15.3. The van der Waals surface area contributed by atoms with Gasteiger partial charge in [-0.25, -0.2) is 0 Å². The predicted molar refractivity (Wildman–Crippen MR) is 56.9 cm³/mol. The van der Waals surface area contributed by atoms with Crippen LogP contribution in [0.25, 0.3) is 0 Å². The second kappa shape index (κ2) is 3.96. The molecule has 3 heteroatoms. The van der Waals surface area contributed by atoms with Gasteiger partial charge in [0.05, 0.1) is 11.9 Å². The van der Waals surface area contributed by atoms with E-state index in [9.17, 15) is 0 Å². The van der Waals surface area contributed by atoms with E-state index < -0.39 is 0 Å². The number of aryl methyl sites for hydroxylation is 2. The molecule has 0 saturated heterocycles. The van der Waals surface area contributed by atoms with Crippen molar-refractivity contribution in [3.05, 3.63) is 29.6 Å². The van der Waals surface area contributed by atoms with E-state index in [-0.39, 0.29) is 0 Å². The standard InChI is InChI=1S/C11H17N3/c1-9-7-13-14(2)11(9)8-12-10-5-3-4-6-10/h3,5,7,10,12H,4,6,8H2,1-2H3. The molecule has 0 aromatic carbocycles. The van der Waals surface area contributed by atoms with Gasteiger partial charge in [0.1, 0.15) is 0 Å². The van der Waals surface area contributed by atoms with E-state index in [1.807, 2.05) is 17.9 Å². The van der Waals surface area contributed by atoms with Crippen molar-refractivity contribution in [2.45, 2.75) is 32.4 Å². The normalized spacial score (nSPS) is 20.6. The van der Waals surface area contributed by atoms with Crippen molar-refractivity contribution in [3.63, 3.8) is 0 Å². The van der Waals surface area contributed by atoms with Crippen LogP contribution in [0, 0.1) is 6.92 Å². The zero-order valence-corrected chi connectivity index (χ0v) is 8.83. The van der Waals surface area contributed by atoms with Crippen LogP contribution < -0.4 is 5.32 Å². The third-order valence-corrected chi connectivity index (χ3v) is 2.81. The molecule has 1 heterocycles. The van der Waals surface area contributed by atoms with Gasteiger partial charge >= 0.3 is 0 Å². The Hall–Kier alpha value is -1.09. The van der Waals surface area contributed by atoms with Gasteiger partial charge in [-0.3, -0.25) is 4.68 Å². The molecule has 1 atom stereocenters. The van der Waals surface area contributed by atoms with Gasteiger partial charge in [0.25, 0.3) is 0 Å². The van der Waals surface area contributed by atoms with Crippen LogP contribution in [-0.2, 0) is 13.6 Å². The largest absolute Gasteiger partial charge is 0.305 e. The highest BCUT2D eigenvalue weighted by molar-refractivity contribution is 5.15. The molecular formula is C11H17N3. The topological polar surface area (TPSA) is 29.9 Å². The predicted octanol–water partition coefficient (Wildman–Crippen LogP) is 1.54. The van der Waals surface area contributed by atoms with Crippen molar-refractivity contribution in [2.24, 2.45) is 7.05 Å². The fourth-order valence-electron chi connectivity index (χ4n) is 1.86. The highest BCUT2D eigenvalue weighted by Gasteiger charge is 2.10. The van der Waals surface area contributed by atoms with Crippen LogP contribution >= 0.6 is 0 Å². The molecule has 1 N–H and O–H groups in total. The van der Waals surface area contributed by atoms with E-state index in [0.29, 0.717) is 6.04 Å². The average Bonchev–Trinajstić information content (AvgIpc) is 2.76. The van der Waals surface area contributed by atoms with Crippen molar-refractivity contribution in [2.75, 3.05) is 0 Å². The number of allylic oxidation sites excluding steroid dienone is 1. The van der Waals surface area contributed by atoms with Crippen molar-refractivity contribution in [1.29, 1.82) is 0 Å². The third kappa shape index (κ3) is 1.87. The summed E-state index contributed by atoms with van der Waals surface area (Å²) in [4.78, 5) is 0. The molecule has 3 nitrogen and oxygen atoms in total. The fraction of sp³-hybridized carbons (Fsp3) is 0.545. The van der Waals surface area contributed by atoms with Crippen LogP contribution in [0.2, 0.25) is 0 Å². The van der Waals surface area contributed by atoms with Gasteiger partial charge in [-0.2, -0.15) is 5.10 Å². The minimum atomic E-state index is 0.560. The molecular weight excluding hydrogens is 174 g/mol. The number of hydrogen-bond acceptors (Lipinski definition) is 2. The van der Waals surface area contributed by atoms with Gasteiger partial charge in [0.2, 0.25) is 0 Å². The summed E-state index contributed by atoms with van der Waals surface area (Å²) in [5.41, 5.74) is 2.55. The lowest BCUT2D eigenvalue weighted by atomic mass is 10.2. The summed E-state index contributed by atoms with van der Waals surface area (Å²) in [6, 6.07) is 0.560. The quantitative estimate of drug-likeness (QED) is 0.734. The molecule has 0 fully saturated rings. The van der Waals surface area contributed by atoms with Gasteiger partial charge in [-0.05, 0) is 25.3 Å². The van der Waals surface area contributed by atoms with Gasteiger partial charge < -0.3 is 5.32 Å². The molecule has 1 aromatic heterocycles. The smallest absolute Gasteiger partial charge is 0.0548 e. The number of hydrogen-bond donors (Lipinski definition) is 1. The molecule has 14 heavy (non-hydrogen) atoms. The Labute approximate surface area is 84.8 Å². The van der Waals surface area contributed by atoms with Gasteiger partial charge in [-0.15, -0.1) is 0 Å². The summed E-state index contributed by atoms with van der Waals surface area (Å²) in [6.07, 6.45) is 8.86. The number of nitrogens with zero attached hydrogens (tertiary/aromatic N) is 2. The number of rotatable bonds is 3. The summed E-state index contributed by atoms with van der Waals surface area (Å²) in [6.45, 7) is 3.02. The van der Waals surface area contributed by atoms with E-state index in [2.05, 4.69) is 29.5 Å². The molecule has 1 aliphatic rings. The Bertz CT molecular complexity index is 319. The first kappa shape index (κ1) is 9.46.